The number of thiophene rings is 1. The minimum atomic E-state index is -0.664. The van der Waals surface area contributed by atoms with Gasteiger partial charge >= 0.3 is 5.97 Å². The average Bonchev–Trinajstić information content (AvgIpc) is 3.20. The van der Waals surface area contributed by atoms with Crippen LogP contribution in [0, 0.1) is 0 Å². The first-order valence-electron chi connectivity index (χ1n) is 8.42. The zero-order valence-corrected chi connectivity index (χ0v) is 16.1. The summed E-state index contributed by atoms with van der Waals surface area (Å²) in [4.78, 5) is 37.5. The zero-order valence-electron chi connectivity index (χ0n) is 15.3. The molecule has 144 valence electrons. The fourth-order valence-corrected chi connectivity index (χ4v) is 2.81. The van der Waals surface area contributed by atoms with E-state index in [1.165, 1.54) is 16.2 Å². The van der Waals surface area contributed by atoms with Crippen LogP contribution in [0.3, 0.4) is 0 Å². The molecule has 27 heavy (non-hydrogen) atoms. The summed E-state index contributed by atoms with van der Waals surface area (Å²) in [5.74, 6) is -0.570. The Morgan fingerprint density at radius 2 is 1.89 bits per heavy atom. The van der Waals surface area contributed by atoms with Gasteiger partial charge in [0.05, 0.1) is 11.5 Å². The number of nitrogens with zero attached hydrogens (tertiary/aromatic N) is 1. The van der Waals surface area contributed by atoms with E-state index in [0.717, 1.165) is 11.3 Å². The molecular weight excluding hydrogens is 368 g/mol. The van der Waals surface area contributed by atoms with E-state index < -0.39 is 5.97 Å². The van der Waals surface area contributed by atoms with Crippen molar-refractivity contribution in [1.29, 1.82) is 0 Å². The number of esters is 1. The minimum Gasteiger partial charge on any atom is -0.494 e. The fraction of sp³-hybridized carbons (Fsp3) is 0.316. The SMILES string of the molecule is CCOc1ccc(CN(C)C(=O)COC(=O)CNC(=O)c2cccs2)cc1. The molecule has 2 amide bonds. The second-order valence-electron chi connectivity index (χ2n) is 5.65. The predicted molar refractivity (Wildman–Crippen MR) is 102 cm³/mol. The topological polar surface area (TPSA) is 84.9 Å². The van der Waals surface area contributed by atoms with Crippen LogP contribution in [0.2, 0.25) is 0 Å². The fourth-order valence-electron chi connectivity index (χ4n) is 2.17. The van der Waals surface area contributed by atoms with Gasteiger partial charge in [-0.05, 0) is 36.1 Å². The van der Waals surface area contributed by atoms with E-state index in [0.29, 0.717) is 18.0 Å². The third-order valence-electron chi connectivity index (χ3n) is 3.57. The summed E-state index contributed by atoms with van der Waals surface area (Å²) in [6.45, 7) is 2.23. The number of amides is 2. The summed E-state index contributed by atoms with van der Waals surface area (Å²) in [6, 6.07) is 10.8. The first kappa shape index (κ1) is 20.4. The van der Waals surface area contributed by atoms with Crippen LogP contribution in [0.5, 0.6) is 5.75 Å². The van der Waals surface area contributed by atoms with Gasteiger partial charge in [0, 0.05) is 13.6 Å². The van der Waals surface area contributed by atoms with Crippen molar-refractivity contribution in [1.82, 2.24) is 10.2 Å². The van der Waals surface area contributed by atoms with Crippen molar-refractivity contribution in [2.45, 2.75) is 13.5 Å². The van der Waals surface area contributed by atoms with Crippen LogP contribution in [0.25, 0.3) is 0 Å². The summed E-state index contributed by atoms with van der Waals surface area (Å²) in [5.41, 5.74) is 0.934. The monoisotopic (exact) mass is 390 g/mol. The normalized spacial score (nSPS) is 10.1. The van der Waals surface area contributed by atoms with Crippen molar-refractivity contribution in [3.8, 4) is 5.75 Å². The molecule has 0 spiro atoms. The van der Waals surface area contributed by atoms with Gasteiger partial charge in [-0.2, -0.15) is 0 Å². The molecule has 1 aromatic heterocycles. The zero-order chi connectivity index (χ0) is 19.6. The maximum absolute atomic E-state index is 12.1. The number of hydrogen-bond acceptors (Lipinski definition) is 6. The molecule has 7 nitrogen and oxygen atoms in total. The first-order valence-corrected chi connectivity index (χ1v) is 9.30. The third kappa shape index (κ3) is 6.74. The van der Waals surface area contributed by atoms with E-state index >= 15 is 0 Å². The van der Waals surface area contributed by atoms with E-state index in [2.05, 4.69) is 5.32 Å². The van der Waals surface area contributed by atoms with Gasteiger partial charge in [-0.15, -0.1) is 11.3 Å². The molecule has 0 aliphatic carbocycles. The van der Waals surface area contributed by atoms with E-state index in [9.17, 15) is 14.4 Å². The van der Waals surface area contributed by atoms with Gasteiger partial charge in [0.2, 0.25) is 0 Å². The number of ether oxygens (including phenoxy) is 2. The molecule has 0 saturated heterocycles. The maximum atomic E-state index is 12.1. The van der Waals surface area contributed by atoms with Gasteiger partial charge < -0.3 is 19.7 Å². The van der Waals surface area contributed by atoms with Crippen LogP contribution in [-0.2, 0) is 20.9 Å². The smallest absolute Gasteiger partial charge is 0.325 e. The average molecular weight is 390 g/mol. The van der Waals surface area contributed by atoms with Gasteiger partial charge in [-0.3, -0.25) is 14.4 Å². The van der Waals surface area contributed by atoms with E-state index in [1.807, 2.05) is 31.2 Å². The molecule has 0 fully saturated rings. The largest absolute Gasteiger partial charge is 0.494 e. The molecule has 0 aliphatic heterocycles. The summed E-state index contributed by atoms with van der Waals surface area (Å²) in [5, 5.41) is 4.22. The summed E-state index contributed by atoms with van der Waals surface area (Å²) < 4.78 is 10.3. The minimum absolute atomic E-state index is 0.285. The lowest BCUT2D eigenvalue weighted by atomic mass is 10.2. The second kappa shape index (κ2) is 10.3. The van der Waals surface area contributed by atoms with Crippen LogP contribution in [0.1, 0.15) is 22.2 Å². The quantitative estimate of drug-likeness (QED) is 0.663. The Labute approximate surface area is 161 Å². The van der Waals surface area contributed by atoms with Crippen LogP contribution in [0.4, 0.5) is 0 Å². The summed E-state index contributed by atoms with van der Waals surface area (Å²) in [6.07, 6.45) is 0. The van der Waals surface area contributed by atoms with Crippen LogP contribution >= 0.6 is 11.3 Å². The first-order chi connectivity index (χ1) is 13.0. The molecule has 0 atom stereocenters. The lowest BCUT2D eigenvalue weighted by Crippen LogP contribution is -2.34. The molecule has 0 aliphatic rings. The van der Waals surface area contributed by atoms with Crippen molar-refractivity contribution in [3.63, 3.8) is 0 Å². The number of rotatable bonds is 9. The number of benzene rings is 1. The van der Waals surface area contributed by atoms with E-state index in [-0.39, 0.29) is 25.0 Å². The standard InChI is InChI=1S/C19H22N2O5S/c1-3-25-15-8-6-14(7-9-15)12-21(2)17(22)13-26-18(23)11-20-19(24)16-5-4-10-27-16/h4-10H,3,11-13H2,1-2H3,(H,20,24). The number of likely N-dealkylation sites (N-methyl/N-ethyl adjacent to an activating group) is 1. The Kier molecular flexibility index (Phi) is 7.81. The van der Waals surface area contributed by atoms with Crippen molar-refractivity contribution in [2.24, 2.45) is 0 Å². The molecule has 2 aromatic rings. The Bertz CT molecular complexity index is 759. The second-order valence-corrected chi connectivity index (χ2v) is 6.60. The van der Waals surface area contributed by atoms with Gasteiger partial charge in [0.1, 0.15) is 12.3 Å². The van der Waals surface area contributed by atoms with Gasteiger partial charge in [0.25, 0.3) is 11.8 Å². The number of carbonyl (C=O) groups is 3. The molecule has 0 unspecified atom stereocenters. The maximum Gasteiger partial charge on any atom is 0.325 e. The highest BCUT2D eigenvalue weighted by molar-refractivity contribution is 7.12. The van der Waals surface area contributed by atoms with Crippen molar-refractivity contribution in [2.75, 3.05) is 26.8 Å². The predicted octanol–water partition coefficient (Wildman–Crippen LogP) is 2.08. The van der Waals surface area contributed by atoms with Crippen molar-refractivity contribution in [3.05, 3.63) is 52.2 Å². The van der Waals surface area contributed by atoms with Crippen LogP contribution in [0.15, 0.2) is 41.8 Å². The molecular formula is C19H22N2O5S. The lowest BCUT2D eigenvalue weighted by molar-refractivity contribution is -0.150. The van der Waals surface area contributed by atoms with Crippen LogP contribution < -0.4 is 10.1 Å². The van der Waals surface area contributed by atoms with Gasteiger partial charge in [-0.1, -0.05) is 18.2 Å². The van der Waals surface area contributed by atoms with Gasteiger partial charge in [-0.25, -0.2) is 0 Å². The molecule has 0 radical (unpaired) electrons. The van der Waals surface area contributed by atoms with Crippen LogP contribution in [-0.4, -0.2) is 49.5 Å². The molecule has 1 heterocycles. The Balaban J connectivity index is 1.70. The molecule has 2 rings (SSSR count). The lowest BCUT2D eigenvalue weighted by Gasteiger charge is -2.17. The van der Waals surface area contributed by atoms with E-state index in [1.54, 1.807) is 24.6 Å². The highest BCUT2D eigenvalue weighted by atomic mass is 32.1. The summed E-state index contributed by atoms with van der Waals surface area (Å²) in [7, 11) is 1.63. The van der Waals surface area contributed by atoms with E-state index in [4.69, 9.17) is 9.47 Å². The Morgan fingerprint density at radius 1 is 1.15 bits per heavy atom. The molecule has 0 bridgehead atoms. The summed E-state index contributed by atoms with van der Waals surface area (Å²) >= 11 is 1.28. The number of nitrogens with one attached hydrogen (secondary N) is 1. The Morgan fingerprint density at radius 3 is 2.52 bits per heavy atom. The molecule has 0 saturated carbocycles. The third-order valence-corrected chi connectivity index (χ3v) is 4.44. The highest BCUT2D eigenvalue weighted by Gasteiger charge is 2.14. The van der Waals surface area contributed by atoms with Crippen molar-refractivity contribution < 1.29 is 23.9 Å². The molecule has 8 heteroatoms. The molecule has 1 N–H and O–H groups in total. The van der Waals surface area contributed by atoms with Crippen molar-refractivity contribution >= 4 is 29.1 Å². The molecule has 1 aromatic carbocycles. The Hall–Kier alpha value is -2.87. The van der Waals surface area contributed by atoms with Gasteiger partial charge in [0.15, 0.2) is 6.61 Å². The number of carbonyl (C=O) groups excluding carboxylic acids is 3. The highest BCUT2D eigenvalue weighted by Crippen LogP contribution is 2.13. The number of hydrogen-bond donors (Lipinski definition) is 1.